The van der Waals surface area contributed by atoms with Crippen molar-refractivity contribution in [2.75, 3.05) is 6.61 Å². The molecule has 0 N–H and O–H groups in total. The minimum Gasteiger partial charge on any atom is -0.466 e. The van der Waals surface area contributed by atoms with Crippen molar-refractivity contribution >= 4 is 28.6 Å². The molecule has 1 aliphatic rings. The first-order valence-corrected chi connectivity index (χ1v) is 10.7. The molecular weight excluding hydrogens is 388 g/mol. The van der Waals surface area contributed by atoms with Crippen LogP contribution in [0.5, 0.6) is 0 Å². The van der Waals surface area contributed by atoms with Crippen LogP contribution >= 0.6 is 11.6 Å². The number of ether oxygens (including phenoxy) is 1. The molecule has 1 fully saturated rings. The molecule has 0 bridgehead atoms. The van der Waals surface area contributed by atoms with E-state index in [-0.39, 0.29) is 23.2 Å². The van der Waals surface area contributed by atoms with Crippen molar-refractivity contribution in [3.63, 3.8) is 0 Å². The number of esters is 1. The van der Waals surface area contributed by atoms with Gasteiger partial charge in [0.2, 0.25) is 5.28 Å². The van der Waals surface area contributed by atoms with Crippen LogP contribution in [0, 0.1) is 5.92 Å². The van der Waals surface area contributed by atoms with E-state index in [0.717, 1.165) is 48.0 Å². The Morgan fingerprint density at radius 3 is 2.48 bits per heavy atom. The predicted octanol–water partition coefficient (Wildman–Crippen LogP) is 5.47. The lowest BCUT2D eigenvalue weighted by Crippen LogP contribution is -2.25. The Kier molecular flexibility index (Phi) is 7.20. The van der Waals surface area contributed by atoms with Crippen molar-refractivity contribution in [3.05, 3.63) is 41.8 Å². The number of nitrogens with zero attached hydrogens (tertiary/aromatic N) is 4. The van der Waals surface area contributed by atoms with Gasteiger partial charge in [-0.05, 0) is 44.2 Å². The average Bonchev–Trinajstić information content (AvgIpc) is 3.19. The lowest BCUT2D eigenvalue weighted by atomic mass is 9.86. The molecule has 4 rings (SSSR count). The third kappa shape index (κ3) is 4.58. The fourth-order valence-corrected chi connectivity index (χ4v) is 3.96. The topological polar surface area (TPSA) is 69.9 Å². The second-order valence-electron chi connectivity index (χ2n) is 6.79. The van der Waals surface area contributed by atoms with Gasteiger partial charge in [0.25, 0.3) is 0 Å². The van der Waals surface area contributed by atoms with E-state index in [1.165, 1.54) is 0 Å². The van der Waals surface area contributed by atoms with Crippen LogP contribution in [-0.2, 0) is 9.53 Å². The van der Waals surface area contributed by atoms with Gasteiger partial charge >= 0.3 is 5.97 Å². The largest absolute Gasteiger partial charge is 0.466 e. The summed E-state index contributed by atoms with van der Waals surface area (Å²) in [5.41, 5.74) is 2.52. The van der Waals surface area contributed by atoms with Gasteiger partial charge in [0.15, 0.2) is 5.65 Å². The number of hydrogen-bond donors (Lipinski definition) is 0. The zero-order valence-corrected chi connectivity index (χ0v) is 17.9. The lowest BCUT2D eigenvalue weighted by molar-refractivity contribution is -0.149. The second-order valence-corrected chi connectivity index (χ2v) is 7.13. The molecule has 1 aromatic carbocycles. The minimum absolute atomic E-state index is 0.0129. The zero-order valence-electron chi connectivity index (χ0n) is 17.1. The van der Waals surface area contributed by atoms with E-state index < -0.39 is 0 Å². The van der Waals surface area contributed by atoms with Gasteiger partial charge < -0.3 is 4.74 Å². The first-order chi connectivity index (χ1) is 14.2. The van der Waals surface area contributed by atoms with Gasteiger partial charge in [-0.1, -0.05) is 44.2 Å². The molecule has 2 aromatic heterocycles. The van der Waals surface area contributed by atoms with Crippen LogP contribution in [0.25, 0.3) is 22.3 Å². The van der Waals surface area contributed by atoms with E-state index in [1.807, 2.05) is 62.0 Å². The van der Waals surface area contributed by atoms with Crippen LogP contribution in [-0.4, -0.2) is 32.3 Å². The van der Waals surface area contributed by atoms with Gasteiger partial charge in [-0.25, -0.2) is 9.67 Å². The standard InChI is InChI=1S/C20H21ClN4O2.C2H6/c1-2-27-19(26)14-8-10-15(11-9-14)25-18-16(12-22-25)17(23-20(21)24-18)13-6-4-3-5-7-13;1-2/h3-7,12,14-15H,2,8-11H2,1H3;1-2H3. The Bertz CT molecular complexity index is 950. The van der Waals surface area contributed by atoms with Gasteiger partial charge in [0.1, 0.15) is 0 Å². The summed E-state index contributed by atoms with van der Waals surface area (Å²) in [4.78, 5) is 20.8. The Morgan fingerprint density at radius 1 is 1.14 bits per heavy atom. The zero-order chi connectivity index (χ0) is 20.8. The summed E-state index contributed by atoms with van der Waals surface area (Å²) >= 11 is 6.22. The number of benzene rings is 1. The highest BCUT2D eigenvalue weighted by atomic mass is 35.5. The van der Waals surface area contributed by atoms with Crippen LogP contribution < -0.4 is 0 Å². The Morgan fingerprint density at radius 2 is 1.83 bits per heavy atom. The highest BCUT2D eigenvalue weighted by molar-refractivity contribution is 6.28. The minimum atomic E-state index is -0.0852. The molecule has 3 aromatic rings. The van der Waals surface area contributed by atoms with E-state index in [1.54, 1.807) is 0 Å². The van der Waals surface area contributed by atoms with Crippen molar-refractivity contribution in [1.82, 2.24) is 19.7 Å². The van der Waals surface area contributed by atoms with Gasteiger partial charge in [0, 0.05) is 5.56 Å². The number of halogens is 1. The molecule has 0 amide bonds. The van der Waals surface area contributed by atoms with E-state index in [0.29, 0.717) is 6.61 Å². The Labute approximate surface area is 176 Å². The summed E-state index contributed by atoms with van der Waals surface area (Å²) in [5.74, 6) is -0.0980. The first kappa shape index (κ1) is 21.2. The molecule has 2 heterocycles. The lowest BCUT2D eigenvalue weighted by Gasteiger charge is -2.27. The molecule has 7 heteroatoms. The molecule has 29 heavy (non-hydrogen) atoms. The highest BCUT2D eigenvalue weighted by Gasteiger charge is 2.29. The monoisotopic (exact) mass is 414 g/mol. The van der Waals surface area contributed by atoms with Crippen molar-refractivity contribution in [3.8, 4) is 11.3 Å². The van der Waals surface area contributed by atoms with Crippen LogP contribution in [0.2, 0.25) is 5.28 Å². The fraction of sp³-hybridized carbons (Fsp3) is 0.455. The number of fused-ring (bicyclic) bond motifs is 1. The van der Waals surface area contributed by atoms with Crippen molar-refractivity contribution in [1.29, 1.82) is 0 Å². The number of rotatable bonds is 4. The SMILES string of the molecule is CC.CCOC(=O)C1CCC(n2ncc3c(-c4ccccc4)nc(Cl)nc32)CC1. The maximum atomic E-state index is 12.0. The van der Waals surface area contributed by atoms with Crippen molar-refractivity contribution in [2.45, 2.75) is 52.5 Å². The van der Waals surface area contributed by atoms with Crippen molar-refractivity contribution < 1.29 is 9.53 Å². The summed E-state index contributed by atoms with van der Waals surface area (Å²) in [7, 11) is 0. The molecule has 6 nitrogen and oxygen atoms in total. The third-order valence-electron chi connectivity index (χ3n) is 5.14. The maximum Gasteiger partial charge on any atom is 0.308 e. The van der Waals surface area contributed by atoms with Crippen LogP contribution in [0.15, 0.2) is 36.5 Å². The summed E-state index contributed by atoms with van der Waals surface area (Å²) < 4.78 is 7.10. The smallest absolute Gasteiger partial charge is 0.308 e. The number of hydrogen-bond acceptors (Lipinski definition) is 5. The fourth-order valence-electron chi connectivity index (χ4n) is 3.80. The second kappa shape index (κ2) is 9.83. The summed E-state index contributed by atoms with van der Waals surface area (Å²) in [5, 5.41) is 5.69. The van der Waals surface area contributed by atoms with Crippen LogP contribution in [0.4, 0.5) is 0 Å². The molecule has 0 spiro atoms. The quantitative estimate of drug-likeness (QED) is 0.418. The molecule has 0 radical (unpaired) electrons. The van der Waals surface area contributed by atoms with Crippen molar-refractivity contribution in [2.24, 2.45) is 5.92 Å². The van der Waals surface area contributed by atoms with Gasteiger partial charge in [-0.3, -0.25) is 4.79 Å². The molecule has 1 aliphatic carbocycles. The molecule has 0 aliphatic heterocycles. The Hall–Kier alpha value is -2.47. The number of carbonyl (C=O) groups excluding carboxylic acids is 1. The van der Waals surface area contributed by atoms with Gasteiger partial charge in [-0.2, -0.15) is 10.1 Å². The van der Waals surface area contributed by atoms with Gasteiger partial charge in [-0.15, -0.1) is 0 Å². The molecule has 0 atom stereocenters. The summed E-state index contributed by atoms with van der Waals surface area (Å²) in [6.45, 7) is 6.27. The van der Waals surface area contributed by atoms with Crippen LogP contribution in [0.3, 0.4) is 0 Å². The van der Waals surface area contributed by atoms with E-state index in [9.17, 15) is 4.79 Å². The van der Waals surface area contributed by atoms with Crippen LogP contribution in [0.1, 0.15) is 52.5 Å². The van der Waals surface area contributed by atoms with Gasteiger partial charge in [0.05, 0.1) is 35.8 Å². The summed E-state index contributed by atoms with van der Waals surface area (Å²) in [6.07, 6.45) is 5.14. The normalized spacial score (nSPS) is 18.8. The maximum absolute atomic E-state index is 12.0. The van der Waals surface area contributed by atoms with E-state index in [4.69, 9.17) is 16.3 Å². The Balaban J connectivity index is 0.00000117. The third-order valence-corrected chi connectivity index (χ3v) is 5.31. The average molecular weight is 415 g/mol. The summed E-state index contributed by atoms with van der Waals surface area (Å²) in [6, 6.07) is 10.1. The first-order valence-electron chi connectivity index (χ1n) is 10.3. The predicted molar refractivity (Wildman–Crippen MR) is 115 cm³/mol. The molecular formula is C22H27ClN4O2. The molecule has 0 unspecified atom stereocenters. The molecule has 154 valence electrons. The molecule has 0 saturated heterocycles. The highest BCUT2D eigenvalue weighted by Crippen LogP contribution is 2.35. The number of aromatic nitrogens is 4. The van der Waals surface area contributed by atoms with E-state index in [2.05, 4.69) is 15.1 Å². The number of carbonyl (C=O) groups is 1. The molecule has 1 saturated carbocycles. The van der Waals surface area contributed by atoms with E-state index >= 15 is 0 Å².